The average Bonchev–Trinajstić information content (AvgIpc) is 2.28. The maximum absolute atomic E-state index is 11.4. The first-order valence-electron chi connectivity index (χ1n) is 5.10. The van der Waals surface area contributed by atoms with Crippen LogP contribution in [0.3, 0.4) is 0 Å². The molecule has 78 valence electrons. The summed E-state index contributed by atoms with van der Waals surface area (Å²) in [5.41, 5.74) is 0. The van der Waals surface area contributed by atoms with Crippen LogP contribution in [0.5, 0.6) is 0 Å². The normalized spacial score (nSPS) is 10.4. The van der Waals surface area contributed by atoms with Crippen LogP contribution in [0.1, 0.15) is 19.3 Å². The van der Waals surface area contributed by atoms with Crippen molar-refractivity contribution in [2.24, 2.45) is 0 Å². The highest BCUT2D eigenvalue weighted by Crippen LogP contribution is 1.97. The first-order chi connectivity index (χ1) is 7.33. The van der Waals surface area contributed by atoms with Gasteiger partial charge in [0.25, 0.3) is 0 Å². The van der Waals surface area contributed by atoms with Crippen molar-refractivity contribution < 1.29 is 9.36 Å². The molecule has 0 radical (unpaired) electrons. The zero-order chi connectivity index (χ0) is 10.9. The standard InChI is InChI=1S/C13H16NO/c1-2-3-5-8-13(15)9-12-14-10-6-4-7-11-14/h2,4,6-7,9-12H,1,3,5,8H2/q+1/b12-9+. The molecular formula is C13H16NO+. The lowest BCUT2D eigenvalue weighted by Crippen LogP contribution is -2.23. The molecule has 2 nitrogen and oxygen atoms in total. The van der Waals surface area contributed by atoms with Crippen molar-refractivity contribution in [3.63, 3.8) is 0 Å². The molecular weight excluding hydrogens is 186 g/mol. The Morgan fingerprint density at radius 1 is 1.27 bits per heavy atom. The second-order valence-electron chi connectivity index (χ2n) is 3.29. The number of rotatable bonds is 6. The number of carbonyl (C=O) groups excluding carboxylic acids is 1. The number of allylic oxidation sites excluding steroid dienone is 2. The van der Waals surface area contributed by atoms with Crippen molar-refractivity contribution in [3.8, 4) is 0 Å². The molecule has 0 saturated carbocycles. The third-order valence-electron chi connectivity index (χ3n) is 2.00. The Hall–Kier alpha value is -1.70. The Balaban J connectivity index is 2.37. The van der Waals surface area contributed by atoms with Gasteiger partial charge in [0.15, 0.2) is 24.4 Å². The molecule has 2 heteroatoms. The van der Waals surface area contributed by atoms with Crippen LogP contribution in [0.4, 0.5) is 0 Å². The quantitative estimate of drug-likeness (QED) is 0.300. The zero-order valence-electron chi connectivity index (χ0n) is 8.80. The third-order valence-corrected chi connectivity index (χ3v) is 2.00. The second-order valence-corrected chi connectivity index (χ2v) is 3.29. The molecule has 0 amide bonds. The van der Waals surface area contributed by atoms with E-state index in [1.165, 1.54) is 0 Å². The van der Waals surface area contributed by atoms with Gasteiger partial charge in [0.1, 0.15) is 0 Å². The van der Waals surface area contributed by atoms with Crippen molar-refractivity contribution in [3.05, 3.63) is 49.3 Å². The molecule has 1 aromatic rings. The Morgan fingerprint density at radius 3 is 2.67 bits per heavy atom. The van der Waals surface area contributed by atoms with Crippen molar-refractivity contribution in [2.45, 2.75) is 19.3 Å². The lowest BCUT2D eigenvalue weighted by molar-refractivity contribution is -0.568. The molecule has 0 N–H and O–H groups in total. The molecule has 0 aliphatic carbocycles. The van der Waals surface area contributed by atoms with Crippen molar-refractivity contribution >= 4 is 12.0 Å². The Kier molecular flexibility index (Phi) is 5.09. The van der Waals surface area contributed by atoms with E-state index in [0.717, 1.165) is 12.8 Å². The van der Waals surface area contributed by atoms with Gasteiger partial charge in [-0.05, 0) is 12.8 Å². The first kappa shape index (κ1) is 11.4. The Bertz CT molecular complexity index is 341. The molecule has 0 aliphatic heterocycles. The SMILES string of the molecule is C=CCCCC(=O)/C=C/[n+]1ccccc1. The van der Waals surface area contributed by atoms with Gasteiger partial charge in [0, 0.05) is 24.6 Å². The lowest BCUT2D eigenvalue weighted by Gasteiger charge is -1.90. The van der Waals surface area contributed by atoms with Gasteiger partial charge in [-0.25, -0.2) is 0 Å². The Morgan fingerprint density at radius 2 is 2.00 bits per heavy atom. The van der Waals surface area contributed by atoms with Gasteiger partial charge in [-0.3, -0.25) is 4.79 Å². The molecule has 1 aromatic heterocycles. The molecule has 0 unspecified atom stereocenters. The third kappa shape index (κ3) is 4.91. The minimum absolute atomic E-state index is 0.160. The van der Waals surface area contributed by atoms with Crippen molar-refractivity contribution in [1.29, 1.82) is 0 Å². The van der Waals surface area contributed by atoms with Crippen LogP contribution in [0.25, 0.3) is 6.20 Å². The number of hydrogen-bond acceptors (Lipinski definition) is 1. The van der Waals surface area contributed by atoms with E-state index in [4.69, 9.17) is 0 Å². The second kappa shape index (κ2) is 6.71. The highest BCUT2D eigenvalue weighted by Gasteiger charge is 1.97. The van der Waals surface area contributed by atoms with Crippen molar-refractivity contribution in [2.75, 3.05) is 0 Å². The monoisotopic (exact) mass is 202 g/mol. The van der Waals surface area contributed by atoms with Crippen LogP contribution in [-0.2, 0) is 4.79 Å². The van der Waals surface area contributed by atoms with E-state index >= 15 is 0 Å². The van der Waals surface area contributed by atoms with E-state index < -0.39 is 0 Å². The predicted molar refractivity (Wildman–Crippen MR) is 61.0 cm³/mol. The summed E-state index contributed by atoms with van der Waals surface area (Å²) in [6.45, 7) is 3.62. The minimum atomic E-state index is 0.160. The molecule has 0 spiro atoms. The van der Waals surface area contributed by atoms with Gasteiger partial charge < -0.3 is 0 Å². The number of nitrogens with zero attached hydrogens (tertiary/aromatic N) is 1. The van der Waals surface area contributed by atoms with E-state index in [9.17, 15) is 4.79 Å². The fourth-order valence-electron chi connectivity index (χ4n) is 1.18. The molecule has 0 bridgehead atoms. The van der Waals surface area contributed by atoms with Crippen LogP contribution >= 0.6 is 0 Å². The number of pyridine rings is 1. The van der Waals surface area contributed by atoms with Crippen LogP contribution in [0.2, 0.25) is 0 Å². The van der Waals surface area contributed by atoms with Gasteiger partial charge >= 0.3 is 0 Å². The number of hydrogen-bond donors (Lipinski definition) is 0. The molecule has 0 saturated heterocycles. The molecule has 15 heavy (non-hydrogen) atoms. The summed E-state index contributed by atoms with van der Waals surface area (Å²) in [4.78, 5) is 11.4. The summed E-state index contributed by atoms with van der Waals surface area (Å²) in [6, 6.07) is 5.79. The number of ketones is 1. The summed E-state index contributed by atoms with van der Waals surface area (Å²) in [6.07, 6.45) is 11.4. The maximum atomic E-state index is 11.4. The minimum Gasteiger partial charge on any atom is -0.295 e. The summed E-state index contributed by atoms with van der Waals surface area (Å²) in [5, 5.41) is 0. The van der Waals surface area contributed by atoms with Gasteiger partial charge in [-0.2, -0.15) is 4.57 Å². The van der Waals surface area contributed by atoms with Gasteiger partial charge in [0.2, 0.25) is 0 Å². The summed E-state index contributed by atoms with van der Waals surface area (Å²) in [5.74, 6) is 0.160. The van der Waals surface area contributed by atoms with E-state index in [0.29, 0.717) is 6.42 Å². The fraction of sp³-hybridized carbons (Fsp3) is 0.231. The number of carbonyl (C=O) groups is 1. The van der Waals surface area contributed by atoms with Gasteiger partial charge in [-0.15, -0.1) is 6.58 Å². The number of unbranched alkanes of at least 4 members (excludes halogenated alkanes) is 1. The number of aromatic nitrogens is 1. The summed E-state index contributed by atoms with van der Waals surface area (Å²) >= 11 is 0. The molecule has 1 rings (SSSR count). The van der Waals surface area contributed by atoms with E-state index in [1.54, 1.807) is 12.3 Å². The molecule has 0 atom stereocenters. The van der Waals surface area contributed by atoms with Crippen LogP contribution in [-0.4, -0.2) is 5.78 Å². The molecule has 0 fully saturated rings. The first-order valence-corrected chi connectivity index (χ1v) is 5.10. The highest BCUT2D eigenvalue weighted by molar-refractivity contribution is 5.91. The van der Waals surface area contributed by atoms with Crippen molar-refractivity contribution in [1.82, 2.24) is 0 Å². The smallest absolute Gasteiger partial charge is 0.178 e. The largest absolute Gasteiger partial charge is 0.295 e. The lowest BCUT2D eigenvalue weighted by atomic mass is 10.2. The maximum Gasteiger partial charge on any atom is 0.178 e. The fourth-order valence-corrected chi connectivity index (χ4v) is 1.18. The Labute approximate surface area is 90.6 Å². The molecule has 1 heterocycles. The van der Waals surface area contributed by atoms with E-state index in [2.05, 4.69) is 6.58 Å². The topological polar surface area (TPSA) is 20.9 Å². The van der Waals surface area contributed by atoms with Crippen LogP contribution < -0.4 is 4.57 Å². The average molecular weight is 202 g/mol. The zero-order valence-corrected chi connectivity index (χ0v) is 8.80. The predicted octanol–water partition coefficient (Wildman–Crippen LogP) is 2.37. The molecule has 0 aliphatic rings. The molecule has 0 aromatic carbocycles. The van der Waals surface area contributed by atoms with Crippen LogP contribution in [0, 0.1) is 0 Å². The summed E-state index contributed by atoms with van der Waals surface area (Å²) in [7, 11) is 0. The highest BCUT2D eigenvalue weighted by atomic mass is 16.1. The van der Waals surface area contributed by atoms with E-state index in [-0.39, 0.29) is 5.78 Å². The van der Waals surface area contributed by atoms with E-state index in [1.807, 2.05) is 41.2 Å². The van der Waals surface area contributed by atoms with Crippen LogP contribution in [0.15, 0.2) is 49.3 Å². The summed E-state index contributed by atoms with van der Waals surface area (Å²) < 4.78 is 1.85. The van der Waals surface area contributed by atoms with Gasteiger partial charge in [-0.1, -0.05) is 12.1 Å². The van der Waals surface area contributed by atoms with Gasteiger partial charge in [0.05, 0.1) is 0 Å².